The number of carboxylic acids is 1. The van der Waals surface area contributed by atoms with Crippen LogP contribution in [0.3, 0.4) is 0 Å². The van der Waals surface area contributed by atoms with Gasteiger partial charge in [0, 0.05) is 50.2 Å². The first-order valence-electron chi connectivity index (χ1n) is 10.2. The largest absolute Gasteiger partial charge is 0.490 e. The van der Waals surface area contributed by atoms with Crippen LogP contribution >= 0.6 is 0 Å². The average molecular weight is 451 g/mol. The maximum atomic E-state index is 12.2. The van der Waals surface area contributed by atoms with Crippen LogP contribution in [0.4, 0.5) is 19.1 Å². The van der Waals surface area contributed by atoms with Gasteiger partial charge in [-0.05, 0) is 42.5 Å². The molecular weight excluding hydrogens is 427 g/mol. The zero-order chi connectivity index (χ0) is 23.4. The summed E-state index contributed by atoms with van der Waals surface area (Å²) in [5.41, 5.74) is 2.20. The van der Waals surface area contributed by atoms with E-state index in [9.17, 15) is 18.0 Å². The SMILES string of the molecule is CCc1cnc(N2CCC3(CC2)NC(=O)CC3c2ccncc2)nc1.O=C(O)C(F)(F)F. The van der Waals surface area contributed by atoms with Crippen LogP contribution in [-0.4, -0.2) is 56.7 Å². The van der Waals surface area contributed by atoms with E-state index in [4.69, 9.17) is 9.90 Å². The Morgan fingerprint density at radius 2 is 1.78 bits per heavy atom. The van der Waals surface area contributed by atoms with Crippen molar-refractivity contribution in [3.63, 3.8) is 0 Å². The molecule has 2 N–H and O–H groups in total. The molecule has 0 aliphatic carbocycles. The number of alkyl halides is 3. The van der Waals surface area contributed by atoms with Gasteiger partial charge in [-0.2, -0.15) is 13.2 Å². The number of hydrogen-bond donors (Lipinski definition) is 2. The van der Waals surface area contributed by atoms with E-state index >= 15 is 0 Å². The molecule has 172 valence electrons. The zero-order valence-corrected chi connectivity index (χ0v) is 17.5. The van der Waals surface area contributed by atoms with Gasteiger partial charge < -0.3 is 15.3 Å². The summed E-state index contributed by atoms with van der Waals surface area (Å²) >= 11 is 0. The fourth-order valence-corrected chi connectivity index (χ4v) is 4.10. The fourth-order valence-electron chi connectivity index (χ4n) is 4.10. The van der Waals surface area contributed by atoms with Crippen LogP contribution < -0.4 is 10.2 Å². The van der Waals surface area contributed by atoms with Gasteiger partial charge in [-0.1, -0.05) is 6.92 Å². The molecule has 1 amide bonds. The zero-order valence-electron chi connectivity index (χ0n) is 17.5. The van der Waals surface area contributed by atoms with Crippen molar-refractivity contribution in [1.29, 1.82) is 0 Å². The van der Waals surface area contributed by atoms with E-state index in [1.54, 1.807) is 0 Å². The normalized spacial score (nSPS) is 19.8. The molecule has 1 spiro atoms. The fraction of sp³-hybridized carbons (Fsp3) is 0.476. The Labute approximate surface area is 182 Å². The van der Waals surface area contributed by atoms with Crippen molar-refractivity contribution in [3.8, 4) is 0 Å². The summed E-state index contributed by atoms with van der Waals surface area (Å²) in [5.74, 6) is -1.60. The molecule has 2 aromatic heterocycles. The highest BCUT2D eigenvalue weighted by Gasteiger charge is 2.48. The van der Waals surface area contributed by atoms with Crippen molar-refractivity contribution in [2.45, 2.75) is 50.2 Å². The number of carboxylic acid groups (broad SMARTS) is 1. The summed E-state index contributed by atoms with van der Waals surface area (Å²) in [6.45, 7) is 3.81. The number of pyridine rings is 1. The number of nitrogens with one attached hydrogen (secondary N) is 1. The van der Waals surface area contributed by atoms with Crippen LogP contribution in [0.1, 0.15) is 43.2 Å². The van der Waals surface area contributed by atoms with Crippen LogP contribution in [0.15, 0.2) is 36.9 Å². The Kier molecular flexibility index (Phi) is 6.95. The van der Waals surface area contributed by atoms with E-state index in [-0.39, 0.29) is 17.4 Å². The van der Waals surface area contributed by atoms with Crippen molar-refractivity contribution < 1.29 is 27.9 Å². The molecule has 8 nitrogen and oxygen atoms in total. The van der Waals surface area contributed by atoms with Crippen LogP contribution in [0, 0.1) is 0 Å². The Bertz CT molecular complexity index is 930. The molecule has 1 atom stereocenters. The number of carbonyl (C=O) groups excluding carboxylic acids is 1. The molecular formula is C21H24F3N5O3. The second-order valence-electron chi connectivity index (χ2n) is 7.78. The third kappa shape index (κ3) is 5.32. The van der Waals surface area contributed by atoms with Crippen molar-refractivity contribution in [1.82, 2.24) is 20.3 Å². The van der Waals surface area contributed by atoms with E-state index in [0.29, 0.717) is 6.42 Å². The van der Waals surface area contributed by atoms with E-state index in [0.717, 1.165) is 43.9 Å². The van der Waals surface area contributed by atoms with Gasteiger partial charge in [0.15, 0.2) is 0 Å². The molecule has 4 heterocycles. The molecule has 2 aromatic rings. The van der Waals surface area contributed by atoms with Crippen molar-refractivity contribution in [3.05, 3.63) is 48.0 Å². The third-order valence-corrected chi connectivity index (χ3v) is 5.83. The summed E-state index contributed by atoms with van der Waals surface area (Å²) in [4.78, 5) is 36.4. The molecule has 2 fully saturated rings. The van der Waals surface area contributed by atoms with Crippen LogP contribution in [0.25, 0.3) is 0 Å². The highest BCUT2D eigenvalue weighted by Crippen LogP contribution is 2.43. The maximum absolute atomic E-state index is 12.2. The quantitative estimate of drug-likeness (QED) is 0.739. The minimum absolute atomic E-state index is 0.152. The molecule has 1 unspecified atom stereocenters. The van der Waals surface area contributed by atoms with Gasteiger partial charge in [0.25, 0.3) is 0 Å². The van der Waals surface area contributed by atoms with Crippen molar-refractivity contribution in [2.75, 3.05) is 18.0 Å². The van der Waals surface area contributed by atoms with Gasteiger partial charge in [-0.3, -0.25) is 9.78 Å². The van der Waals surface area contributed by atoms with Gasteiger partial charge in [-0.25, -0.2) is 14.8 Å². The molecule has 2 saturated heterocycles. The predicted octanol–water partition coefficient (Wildman–Crippen LogP) is 2.71. The minimum atomic E-state index is -5.08. The topological polar surface area (TPSA) is 108 Å². The summed E-state index contributed by atoms with van der Waals surface area (Å²) in [6, 6.07) is 4.07. The lowest BCUT2D eigenvalue weighted by Gasteiger charge is -2.43. The number of hydrogen-bond acceptors (Lipinski definition) is 6. The monoisotopic (exact) mass is 451 g/mol. The lowest BCUT2D eigenvalue weighted by atomic mass is 9.74. The van der Waals surface area contributed by atoms with E-state index < -0.39 is 12.1 Å². The van der Waals surface area contributed by atoms with Gasteiger partial charge >= 0.3 is 12.1 Å². The Balaban J connectivity index is 0.000000360. The Morgan fingerprint density at radius 1 is 1.22 bits per heavy atom. The molecule has 0 bridgehead atoms. The van der Waals surface area contributed by atoms with E-state index in [1.807, 2.05) is 36.9 Å². The second kappa shape index (κ2) is 9.49. The standard InChI is InChI=1S/C19H23N5O.C2HF3O2/c1-2-14-12-21-18(22-13-14)24-9-5-19(6-10-24)16(11-17(25)23-19)15-3-7-20-8-4-15;3-2(4,5)1(6)7/h3-4,7-8,12-13,16H,2,5-6,9-11H2,1H3,(H,23,25);(H,6,7). The van der Waals surface area contributed by atoms with Crippen LogP contribution in [-0.2, 0) is 16.0 Å². The number of nitrogens with zero attached hydrogens (tertiary/aromatic N) is 4. The smallest absolute Gasteiger partial charge is 0.475 e. The second-order valence-corrected chi connectivity index (χ2v) is 7.78. The Morgan fingerprint density at radius 3 is 2.28 bits per heavy atom. The highest BCUT2D eigenvalue weighted by atomic mass is 19.4. The van der Waals surface area contributed by atoms with E-state index in [2.05, 4.69) is 32.1 Å². The van der Waals surface area contributed by atoms with Crippen LogP contribution in [0.5, 0.6) is 0 Å². The summed E-state index contributed by atoms with van der Waals surface area (Å²) in [6.07, 6.45) is 5.67. The number of aryl methyl sites for hydroxylation is 1. The summed E-state index contributed by atoms with van der Waals surface area (Å²) in [7, 11) is 0. The van der Waals surface area contributed by atoms with Crippen molar-refractivity contribution >= 4 is 17.8 Å². The minimum Gasteiger partial charge on any atom is -0.475 e. The molecule has 2 aliphatic rings. The van der Waals surface area contributed by atoms with Gasteiger partial charge in [0.2, 0.25) is 11.9 Å². The lowest BCUT2D eigenvalue weighted by Crippen LogP contribution is -2.53. The molecule has 11 heteroatoms. The number of piperidine rings is 1. The first kappa shape index (κ1) is 23.4. The van der Waals surface area contributed by atoms with E-state index in [1.165, 1.54) is 5.56 Å². The molecule has 2 aliphatic heterocycles. The summed E-state index contributed by atoms with van der Waals surface area (Å²) in [5, 5.41) is 10.4. The number of aromatic nitrogens is 3. The number of carbonyl (C=O) groups is 2. The molecule has 32 heavy (non-hydrogen) atoms. The summed E-state index contributed by atoms with van der Waals surface area (Å²) < 4.78 is 31.7. The van der Waals surface area contributed by atoms with Crippen LogP contribution in [0.2, 0.25) is 0 Å². The molecule has 0 aromatic carbocycles. The number of rotatable bonds is 3. The lowest BCUT2D eigenvalue weighted by molar-refractivity contribution is -0.192. The number of halogens is 3. The van der Waals surface area contributed by atoms with Gasteiger partial charge in [0.1, 0.15) is 0 Å². The molecule has 4 rings (SSSR count). The van der Waals surface area contributed by atoms with Gasteiger partial charge in [-0.15, -0.1) is 0 Å². The number of anilines is 1. The molecule has 0 saturated carbocycles. The highest BCUT2D eigenvalue weighted by molar-refractivity contribution is 5.81. The first-order valence-corrected chi connectivity index (χ1v) is 10.2. The van der Waals surface area contributed by atoms with Crippen molar-refractivity contribution in [2.24, 2.45) is 0 Å². The Hall–Kier alpha value is -3.24. The number of aliphatic carboxylic acids is 1. The average Bonchev–Trinajstić information content (AvgIpc) is 3.10. The molecule has 0 radical (unpaired) electrons. The number of amides is 1. The van der Waals surface area contributed by atoms with Gasteiger partial charge in [0.05, 0.1) is 5.54 Å². The predicted molar refractivity (Wildman–Crippen MR) is 109 cm³/mol. The third-order valence-electron chi connectivity index (χ3n) is 5.83. The maximum Gasteiger partial charge on any atom is 0.490 e. The first-order chi connectivity index (χ1) is 15.1.